The molecule has 6 nitrogen and oxygen atoms in total. The summed E-state index contributed by atoms with van der Waals surface area (Å²) in [4.78, 5) is 13.3. The molecule has 0 bridgehead atoms. The largest absolute Gasteiger partial charge is 0.383 e. The fourth-order valence-electron chi connectivity index (χ4n) is 2.75. The molecular formula is C18H15ClN6. The van der Waals surface area contributed by atoms with E-state index in [0.717, 1.165) is 22.3 Å². The van der Waals surface area contributed by atoms with Crippen LogP contribution in [-0.4, -0.2) is 19.5 Å². The molecule has 3 heterocycles. The summed E-state index contributed by atoms with van der Waals surface area (Å²) in [5, 5.41) is 0.401. The summed E-state index contributed by atoms with van der Waals surface area (Å²) < 4.78 is 1.93. The lowest BCUT2D eigenvalue weighted by Gasteiger charge is -2.10. The summed E-state index contributed by atoms with van der Waals surface area (Å²) >= 11 is 6.11. The lowest BCUT2D eigenvalue weighted by molar-refractivity contribution is 1.05. The van der Waals surface area contributed by atoms with Gasteiger partial charge in [-0.05, 0) is 42.0 Å². The molecule has 4 rings (SSSR count). The van der Waals surface area contributed by atoms with Crippen molar-refractivity contribution in [2.24, 2.45) is 5.73 Å². The highest BCUT2D eigenvalue weighted by Crippen LogP contribution is 2.30. The van der Waals surface area contributed by atoms with E-state index in [9.17, 15) is 0 Å². The average Bonchev–Trinajstić information content (AvgIpc) is 3.00. The number of aromatic nitrogens is 4. The molecule has 124 valence electrons. The van der Waals surface area contributed by atoms with Crippen LogP contribution in [0.15, 0.2) is 54.7 Å². The maximum atomic E-state index is 6.11. The van der Waals surface area contributed by atoms with E-state index in [1.54, 1.807) is 12.3 Å². The van der Waals surface area contributed by atoms with Crippen molar-refractivity contribution in [1.29, 1.82) is 0 Å². The number of halogens is 1. The van der Waals surface area contributed by atoms with E-state index < -0.39 is 0 Å². The molecule has 0 spiro atoms. The first-order valence-corrected chi connectivity index (χ1v) is 8.10. The lowest BCUT2D eigenvalue weighted by atomic mass is 10.2. The zero-order valence-corrected chi connectivity index (χ0v) is 14.0. The van der Waals surface area contributed by atoms with Crippen molar-refractivity contribution in [3.8, 4) is 17.1 Å². The van der Waals surface area contributed by atoms with Crippen molar-refractivity contribution in [2.45, 2.75) is 6.54 Å². The van der Waals surface area contributed by atoms with Gasteiger partial charge in [-0.2, -0.15) is 0 Å². The third kappa shape index (κ3) is 2.71. The number of imidazole rings is 1. The summed E-state index contributed by atoms with van der Waals surface area (Å²) in [5.74, 6) is 1.07. The standard InChI is InChI=1S/C18H15ClN6/c19-15-8-7-14-18(24-15)25(12-5-3-11(10-20)4-6-12)17(23-14)13-2-1-9-22-16(13)21/h1-9H,10,20H2,(H2,21,22). The van der Waals surface area contributed by atoms with Crippen molar-refractivity contribution in [1.82, 2.24) is 19.5 Å². The Morgan fingerprint density at radius 2 is 1.80 bits per heavy atom. The summed E-state index contributed by atoms with van der Waals surface area (Å²) in [7, 11) is 0. The monoisotopic (exact) mass is 350 g/mol. The van der Waals surface area contributed by atoms with Gasteiger partial charge in [-0.15, -0.1) is 0 Å². The maximum Gasteiger partial charge on any atom is 0.166 e. The van der Waals surface area contributed by atoms with Crippen molar-refractivity contribution in [3.63, 3.8) is 0 Å². The van der Waals surface area contributed by atoms with Crippen LogP contribution in [0.3, 0.4) is 0 Å². The van der Waals surface area contributed by atoms with Gasteiger partial charge in [0.15, 0.2) is 11.5 Å². The Hall–Kier alpha value is -2.96. The number of fused-ring (bicyclic) bond motifs is 1. The third-order valence-electron chi connectivity index (χ3n) is 3.98. The van der Waals surface area contributed by atoms with Gasteiger partial charge in [0, 0.05) is 18.4 Å². The predicted molar refractivity (Wildman–Crippen MR) is 99.4 cm³/mol. The Morgan fingerprint density at radius 3 is 2.52 bits per heavy atom. The highest BCUT2D eigenvalue weighted by molar-refractivity contribution is 6.29. The van der Waals surface area contributed by atoms with Crippen molar-refractivity contribution in [2.75, 3.05) is 5.73 Å². The van der Waals surface area contributed by atoms with E-state index in [4.69, 9.17) is 28.1 Å². The summed E-state index contributed by atoms with van der Waals surface area (Å²) in [6.07, 6.45) is 1.65. The van der Waals surface area contributed by atoms with Gasteiger partial charge in [0.25, 0.3) is 0 Å². The Bertz CT molecular complexity index is 1060. The SMILES string of the molecule is NCc1ccc(-n2c(-c3cccnc3N)nc3ccc(Cl)nc32)cc1. The molecule has 0 radical (unpaired) electrons. The Kier molecular flexibility index (Phi) is 3.83. The molecule has 4 aromatic rings. The molecule has 3 aromatic heterocycles. The molecule has 25 heavy (non-hydrogen) atoms. The number of nitrogen functional groups attached to an aromatic ring is 1. The molecule has 0 saturated carbocycles. The van der Waals surface area contributed by atoms with Crippen LogP contribution in [0, 0.1) is 0 Å². The Balaban J connectivity index is 2.03. The van der Waals surface area contributed by atoms with Crippen LogP contribution in [0.1, 0.15) is 5.56 Å². The van der Waals surface area contributed by atoms with Crippen LogP contribution in [-0.2, 0) is 6.54 Å². The Labute approximate surface area is 149 Å². The second kappa shape index (κ2) is 6.16. The van der Waals surface area contributed by atoms with Crippen molar-refractivity contribution in [3.05, 3.63) is 65.4 Å². The van der Waals surface area contributed by atoms with E-state index >= 15 is 0 Å². The fraction of sp³-hybridized carbons (Fsp3) is 0.0556. The lowest BCUT2D eigenvalue weighted by Crippen LogP contribution is -2.03. The number of nitrogens with zero attached hydrogens (tertiary/aromatic N) is 4. The van der Waals surface area contributed by atoms with Gasteiger partial charge in [-0.3, -0.25) is 4.57 Å². The van der Waals surface area contributed by atoms with Crippen LogP contribution >= 0.6 is 11.6 Å². The van der Waals surface area contributed by atoms with Gasteiger partial charge in [0.05, 0.1) is 5.56 Å². The van der Waals surface area contributed by atoms with Gasteiger partial charge in [-0.1, -0.05) is 23.7 Å². The molecule has 0 fully saturated rings. The highest BCUT2D eigenvalue weighted by Gasteiger charge is 2.18. The van der Waals surface area contributed by atoms with Crippen molar-refractivity contribution < 1.29 is 0 Å². The number of anilines is 1. The molecule has 1 aromatic carbocycles. The highest BCUT2D eigenvalue weighted by atomic mass is 35.5. The van der Waals surface area contributed by atoms with Crippen LogP contribution in [0.5, 0.6) is 0 Å². The molecule has 0 aliphatic carbocycles. The topological polar surface area (TPSA) is 95.6 Å². The minimum absolute atomic E-state index is 0.401. The quantitative estimate of drug-likeness (QED) is 0.553. The van der Waals surface area contributed by atoms with Gasteiger partial charge in [0.2, 0.25) is 0 Å². The normalized spacial score (nSPS) is 11.1. The fourth-order valence-corrected chi connectivity index (χ4v) is 2.89. The predicted octanol–water partition coefficient (Wildman–Crippen LogP) is 3.18. The smallest absolute Gasteiger partial charge is 0.166 e. The molecule has 4 N–H and O–H groups in total. The van der Waals surface area contributed by atoms with Gasteiger partial charge in [-0.25, -0.2) is 15.0 Å². The number of hydrogen-bond acceptors (Lipinski definition) is 5. The van der Waals surface area contributed by atoms with Gasteiger partial charge < -0.3 is 11.5 Å². The molecule has 7 heteroatoms. The van der Waals surface area contributed by atoms with Crippen LogP contribution in [0.2, 0.25) is 5.15 Å². The van der Waals surface area contributed by atoms with Gasteiger partial charge in [0.1, 0.15) is 16.5 Å². The minimum Gasteiger partial charge on any atom is -0.383 e. The van der Waals surface area contributed by atoms with Gasteiger partial charge >= 0.3 is 0 Å². The zero-order chi connectivity index (χ0) is 17.4. The van der Waals surface area contributed by atoms with E-state index in [1.165, 1.54) is 0 Å². The molecular weight excluding hydrogens is 336 g/mol. The molecule has 0 aliphatic heterocycles. The summed E-state index contributed by atoms with van der Waals surface area (Å²) in [5.41, 5.74) is 15.8. The van der Waals surface area contributed by atoms with Crippen molar-refractivity contribution >= 4 is 28.6 Å². The molecule has 0 saturated heterocycles. The number of rotatable bonds is 3. The molecule has 0 atom stereocenters. The second-order valence-electron chi connectivity index (χ2n) is 5.55. The summed E-state index contributed by atoms with van der Waals surface area (Å²) in [6.45, 7) is 0.484. The van der Waals surface area contributed by atoms with E-state index in [0.29, 0.717) is 29.0 Å². The second-order valence-corrected chi connectivity index (χ2v) is 5.94. The zero-order valence-electron chi connectivity index (χ0n) is 13.2. The summed E-state index contributed by atoms with van der Waals surface area (Å²) in [6, 6.07) is 15.2. The van der Waals surface area contributed by atoms with Crippen LogP contribution < -0.4 is 11.5 Å². The molecule has 0 unspecified atom stereocenters. The first-order chi connectivity index (χ1) is 12.2. The Morgan fingerprint density at radius 1 is 1.00 bits per heavy atom. The third-order valence-corrected chi connectivity index (χ3v) is 4.19. The number of benzene rings is 1. The first-order valence-electron chi connectivity index (χ1n) is 7.72. The van der Waals surface area contributed by atoms with Crippen LogP contribution in [0.4, 0.5) is 5.82 Å². The van der Waals surface area contributed by atoms with E-state index in [-0.39, 0.29) is 0 Å². The molecule has 0 amide bonds. The average molecular weight is 351 g/mol. The minimum atomic E-state index is 0.401. The van der Waals surface area contributed by atoms with Crippen LogP contribution in [0.25, 0.3) is 28.2 Å². The van der Waals surface area contributed by atoms with E-state index in [1.807, 2.05) is 47.0 Å². The maximum absolute atomic E-state index is 6.11. The number of hydrogen-bond donors (Lipinski definition) is 2. The number of pyridine rings is 2. The number of nitrogens with two attached hydrogens (primary N) is 2. The first kappa shape index (κ1) is 15.6. The van der Waals surface area contributed by atoms with E-state index in [2.05, 4.69) is 9.97 Å². The molecule has 0 aliphatic rings.